The van der Waals surface area contributed by atoms with Crippen LogP contribution in [0.3, 0.4) is 0 Å². The molecule has 1 fully saturated rings. The number of rotatable bonds is 7. The van der Waals surface area contributed by atoms with Gasteiger partial charge in [-0.2, -0.15) is 18.3 Å². The first-order valence-corrected chi connectivity index (χ1v) is 10.1. The van der Waals surface area contributed by atoms with Crippen molar-refractivity contribution in [2.75, 3.05) is 25.4 Å². The second-order valence-corrected chi connectivity index (χ2v) is 8.44. The van der Waals surface area contributed by atoms with Crippen LogP contribution in [0, 0.1) is 0 Å². The van der Waals surface area contributed by atoms with Crippen molar-refractivity contribution in [2.24, 2.45) is 0 Å². The third kappa shape index (κ3) is 5.70. The molecule has 148 valence electrons. The van der Waals surface area contributed by atoms with Crippen LogP contribution in [0.25, 0.3) is 0 Å². The van der Waals surface area contributed by atoms with Gasteiger partial charge < -0.3 is 5.32 Å². The number of nitrogens with one attached hydrogen (secondary N) is 2. The monoisotopic (exact) mass is 396 g/mol. The number of aromatic amines is 1. The quantitative estimate of drug-likeness (QED) is 0.737. The van der Waals surface area contributed by atoms with Gasteiger partial charge in [-0.1, -0.05) is 13.3 Å². The Morgan fingerprint density at radius 1 is 1.38 bits per heavy atom. The Balaban J connectivity index is 1.90. The van der Waals surface area contributed by atoms with E-state index in [0.717, 1.165) is 6.42 Å². The SMILES string of the molecule is CCCCS(=O)(=O)N1CCC(c2cc(C(=O)NCC(F)(F)F)n[nH]2)CC1. The van der Waals surface area contributed by atoms with E-state index in [-0.39, 0.29) is 17.4 Å². The fraction of sp³-hybridized carbons (Fsp3) is 0.733. The van der Waals surface area contributed by atoms with Crippen LogP contribution in [0.15, 0.2) is 6.07 Å². The van der Waals surface area contributed by atoms with Crippen molar-refractivity contribution in [2.45, 2.75) is 44.7 Å². The maximum Gasteiger partial charge on any atom is 0.405 e. The molecule has 1 saturated heterocycles. The summed E-state index contributed by atoms with van der Waals surface area (Å²) in [5.74, 6) is -0.768. The smallest absolute Gasteiger partial charge is 0.342 e. The van der Waals surface area contributed by atoms with Crippen molar-refractivity contribution in [1.29, 1.82) is 0 Å². The molecule has 11 heteroatoms. The van der Waals surface area contributed by atoms with Crippen molar-refractivity contribution in [3.8, 4) is 0 Å². The van der Waals surface area contributed by atoms with Gasteiger partial charge in [0.25, 0.3) is 5.91 Å². The predicted octanol–water partition coefficient (Wildman–Crippen LogP) is 2.01. The van der Waals surface area contributed by atoms with Crippen molar-refractivity contribution in [1.82, 2.24) is 19.8 Å². The second kappa shape index (κ2) is 8.38. The van der Waals surface area contributed by atoms with Gasteiger partial charge in [0.05, 0.1) is 5.75 Å². The molecule has 1 aromatic heterocycles. The fourth-order valence-corrected chi connectivity index (χ4v) is 4.51. The van der Waals surface area contributed by atoms with Crippen molar-refractivity contribution < 1.29 is 26.4 Å². The molecule has 0 aliphatic carbocycles. The van der Waals surface area contributed by atoms with Gasteiger partial charge in [-0.05, 0) is 25.3 Å². The van der Waals surface area contributed by atoms with E-state index < -0.39 is 28.7 Å². The number of aromatic nitrogens is 2. The summed E-state index contributed by atoms with van der Waals surface area (Å²) in [4.78, 5) is 11.7. The van der Waals surface area contributed by atoms with Gasteiger partial charge in [-0.3, -0.25) is 9.89 Å². The van der Waals surface area contributed by atoms with E-state index in [4.69, 9.17) is 0 Å². The highest BCUT2D eigenvalue weighted by molar-refractivity contribution is 7.89. The molecule has 7 nitrogen and oxygen atoms in total. The fourth-order valence-electron chi connectivity index (χ4n) is 2.83. The molecule has 0 aromatic carbocycles. The molecule has 0 atom stereocenters. The van der Waals surface area contributed by atoms with Crippen LogP contribution in [0.2, 0.25) is 0 Å². The molecule has 0 radical (unpaired) electrons. The Hall–Kier alpha value is -1.62. The lowest BCUT2D eigenvalue weighted by atomic mass is 9.94. The van der Waals surface area contributed by atoms with E-state index in [0.29, 0.717) is 38.0 Å². The number of H-pyrrole nitrogens is 1. The molecule has 2 rings (SSSR count). The van der Waals surface area contributed by atoms with E-state index in [9.17, 15) is 26.4 Å². The van der Waals surface area contributed by atoms with Crippen LogP contribution >= 0.6 is 0 Å². The first-order chi connectivity index (χ1) is 12.1. The number of amides is 1. The summed E-state index contributed by atoms with van der Waals surface area (Å²) in [6.45, 7) is 1.28. The number of nitrogens with zero attached hydrogens (tertiary/aromatic N) is 2. The Kier molecular flexibility index (Phi) is 6.67. The van der Waals surface area contributed by atoms with Crippen LogP contribution in [0.5, 0.6) is 0 Å². The number of unbranched alkanes of at least 4 members (excludes halogenated alkanes) is 1. The number of alkyl halides is 3. The minimum Gasteiger partial charge on any atom is -0.342 e. The number of hydrogen-bond donors (Lipinski definition) is 2. The van der Waals surface area contributed by atoms with Gasteiger partial charge in [0.1, 0.15) is 12.2 Å². The van der Waals surface area contributed by atoms with Crippen LogP contribution < -0.4 is 5.32 Å². The lowest BCUT2D eigenvalue weighted by molar-refractivity contribution is -0.123. The normalized spacial score (nSPS) is 17.4. The lowest BCUT2D eigenvalue weighted by Crippen LogP contribution is -2.39. The van der Waals surface area contributed by atoms with Crippen LogP contribution in [-0.2, 0) is 10.0 Å². The largest absolute Gasteiger partial charge is 0.405 e. The molecule has 26 heavy (non-hydrogen) atoms. The third-order valence-electron chi connectivity index (χ3n) is 4.32. The zero-order valence-corrected chi connectivity index (χ0v) is 15.3. The molecule has 0 spiro atoms. The Bertz CT molecular complexity index is 710. The van der Waals surface area contributed by atoms with Gasteiger partial charge >= 0.3 is 6.18 Å². The maximum absolute atomic E-state index is 12.2. The van der Waals surface area contributed by atoms with E-state index in [1.807, 2.05) is 6.92 Å². The lowest BCUT2D eigenvalue weighted by Gasteiger charge is -2.30. The standard InChI is InChI=1S/C15H23F3N4O3S/c1-2-3-8-26(24,25)22-6-4-11(5-7-22)12-9-13(21-20-12)14(23)19-10-15(16,17)18/h9,11H,2-8,10H2,1H3,(H,19,23)(H,20,21). The zero-order chi connectivity index (χ0) is 19.4. The van der Waals surface area contributed by atoms with Gasteiger partial charge in [-0.25, -0.2) is 12.7 Å². The number of carbonyl (C=O) groups is 1. The van der Waals surface area contributed by atoms with Crippen molar-refractivity contribution in [3.05, 3.63) is 17.5 Å². The van der Waals surface area contributed by atoms with Crippen molar-refractivity contribution >= 4 is 15.9 Å². The van der Waals surface area contributed by atoms with Crippen LogP contribution in [0.1, 0.15) is 54.7 Å². The van der Waals surface area contributed by atoms with E-state index in [1.165, 1.54) is 10.4 Å². The molecule has 1 amide bonds. The number of piperidine rings is 1. The molecule has 1 aromatic rings. The maximum atomic E-state index is 12.2. The summed E-state index contributed by atoms with van der Waals surface area (Å²) in [5.41, 5.74) is 0.523. The molecule has 1 aliphatic rings. The van der Waals surface area contributed by atoms with Gasteiger partial charge in [-0.15, -0.1) is 0 Å². The van der Waals surface area contributed by atoms with Gasteiger partial charge in [0, 0.05) is 24.7 Å². The van der Waals surface area contributed by atoms with Crippen molar-refractivity contribution in [3.63, 3.8) is 0 Å². The number of halogens is 3. The molecular weight excluding hydrogens is 373 g/mol. The van der Waals surface area contributed by atoms with E-state index in [2.05, 4.69) is 10.2 Å². The van der Waals surface area contributed by atoms with E-state index in [1.54, 1.807) is 5.32 Å². The number of sulfonamides is 1. The van der Waals surface area contributed by atoms with Gasteiger partial charge in [0.2, 0.25) is 10.0 Å². The third-order valence-corrected chi connectivity index (χ3v) is 6.28. The molecular formula is C15H23F3N4O3S. The Labute approximate surface area is 150 Å². The highest BCUT2D eigenvalue weighted by Gasteiger charge is 2.30. The first-order valence-electron chi connectivity index (χ1n) is 8.50. The summed E-state index contributed by atoms with van der Waals surface area (Å²) in [6, 6.07) is 1.43. The van der Waals surface area contributed by atoms with E-state index >= 15 is 0 Å². The van der Waals surface area contributed by atoms with Crippen LogP contribution in [0.4, 0.5) is 13.2 Å². The Morgan fingerprint density at radius 3 is 2.62 bits per heavy atom. The summed E-state index contributed by atoms with van der Waals surface area (Å²) in [7, 11) is -3.24. The second-order valence-electron chi connectivity index (χ2n) is 6.35. The summed E-state index contributed by atoms with van der Waals surface area (Å²) in [5, 5.41) is 8.21. The minimum atomic E-state index is -4.48. The summed E-state index contributed by atoms with van der Waals surface area (Å²) >= 11 is 0. The number of hydrogen-bond acceptors (Lipinski definition) is 4. The Morgan fingerprint density at radius 2 is 2.04 bits per heavy atom. The summed E-state index contributed by atoms with van der Waals surface area (Å²) in [6.07, 6.45) is -1.92. The highest BCUT2D eigenvalue weighted by atomic mass is 32.2. The topological polar surface area (TPSA) is 95.2 Å². The summed E-state index contributed by atoms with van der Waals surface area (Å²) < 4.78 is 62.3. The molecule has 1 aliphatic heterocycles. The molecule has 0 unspecified atom stereocenters. The highest BCUT2D eigenvalue weighted by Crippen LogP contribution is 2.28. The predicted molar refractivity (Wildman–Crippen MR) is 89.2 cm³/mol. The average molecular weight is 396 g/mol. The molecule has 0 bridgehead atoms. The molecule has 0 saturated carbocycles. The zero-order valence-electron chi connectivity index (χ0n) is 14.5. The first kappa shape index (κ1) is 20.7. The molecule has 2 N–H and O–H groups in total. The van der Waals surface area contributed by atoms with Crippen LogP contribution in [-0.4, -0.2) is 60.4 Å². The van der Waals surface area contributed by atoms with Gasteiger partial charge in [0.15, 0.2) is 0 Å². The minimum absolute atomic E-state index is 0.00992. The average Bonchev–Trinajstić information content (AvgIpc) is 3.07. The molecule has 2 heterocycles. The number of carbonyl (C=O) groups excluding carboxylic acids is 1.